The second-order valence-electron chi connectivity index (χ2n) is 6.48. The van der Waals surface area contributed by atoms with E-state index in [4.69, 9.17) is 4.74 Å². The summed E-state index contributed by atoms with van der Waals surface area (Å²) in [6, 6.07) is 21.2. The van der Waals surface area contributed by atoms with Gasteiger partial charge in [0.05, 0.1) is 13.0 Å². The summed E-state index contributed by atoms with van der Waals surface area (Å²) in [5.74, 6) is 0.188. The van der Waals surface area contributed by atoms with Gasteiger partial charge < -0.3 is 9.64 Å². The van der Waals surface area contributed by atoms with E-state index >= 15 is 0 Å². The van der Waals surface area contributed by atoms with Gasteiger partial charge in [0.1, 0.15) is 0 Å². The van der Waals surface area contributed by atoms with E-state index in [1.54, 1.807) is 7.11 Å². The first-order valence-electron chi connectivity index (χ1n) is 8.64. The second kappa shape index (κ2) is 7.63. The molecule has 1 heterocycles. The van der Waals surface area contributed by atoms with Crippen molar-refractivity contribution in [2.24, 2.45) is 0 Å². The largest absolute Gasteiger partial charge is 0.384 e. The first kappa shape index (κ1) is 16.7. The molecule has 126 valence electrons. The molecule has 1 aliphatic heterocycles. The fraction of sp³-hybridized carbons (Fsp3) is 0.381. The van der Waals surface area contributed by atoms with Crippen molar-refractivity contribution in [1.29, 1.82) is 0 Å². The number of piperidine rings is 1. The molecule has 3 nitrogen and oxygen atoms in total. The Morgan fingerprint density at radius 2 is 1.62 bits per heavy atom. The third-order valence-electron chi connectivity index (χ3n) is 5.02. The molecular formula is C21H25NO2. The zero-order chi connectivity index (χ0) is 16.8. The molecule has 0 radical (unpaired) electrons. The lowest BCUT2D eigenvalue weighted by molar-refractivity contribution is -0.134. The monoisotopic (exact) mass is 323 g/mol. The maximum absolute atomic E-state index is 12.6. The Morgan fingerprint density at radius 1 is 1.04 bits per heavy atom. The Kier molecular flexibility index (Phi) is 5.31. The van der Waals surface area contributed by atoms with Crippen LogP contribution in [0.3, 0.4) is 0 Å². The highest BCUT2D eigenvalue weighted by atomic mass is 16.5. The molecule has 1 aliphatic rings. The number of amides is 1. The lowest BCUT2D eigenvalue weighted by Crippen LogP contribution is -2.49. The average molecular weight is 323 g/mol. The minimum atomic E-state index is -0.122. The number of benzene rings is 2. The van der Waals surface area contributed by atoms with Crippen LogP contribution in [0.25, 0.3) is 0 Å². The SMILES string of the molecule is COCCC(=O)N1CCCC(c2ccccc2)(c2ccccc2)C1. The van der Waals surface area contributed by atoms with Crippen molar-refractivity contribution < 1.29 is 9.53 Å². The van der Waals surface area contributed by atoms with Gasteiger partial charge in [0.2, 0.25) is 5.91 Å². The van der Waals surface area contributed by atoms with E-state index in [0.29, 0.717) is 13.0 Å². The first-order chi connectivity index (χ1) is 11.8. The summed E-state index contributed by atoms with van der Waals surface area (Å²) in [5.41, 5.74) is 2.46. The lowest BCUT2D eigenvalue weighted by Gasteiger charge is -2.44. The van der Waals surface area contributed by atoms with Crippen molar-refractivity contribution in [3.63, 3.8) is 0 Å². The van der Waals surface area contributed by atoms with E-state index in [2.05, 4.69) is 48.5 Å². The van der Waals surface area contributed by atoms with E-state index in [0.717, 1.165) is 25.9 Å². The van der Waals surface area contributed by atoms with Crippen molar-refractivity contribution in [3.05, 3.63) is 71.8 Å². The van der Waals surface area contributed by atoms with E-state index in [9.17, 15) is 4.79 Å². The predicted molar refractivity (Wildman–Crippen MR) is 96.0 cm³/mol. The first-order valence-corrected chi connectivity index (χ1v) is 8.64. The number of ether oxygens (including phenoxy) is 1. The molecule has 0 bridgehead atoms. The van der Waals surface area contributed by atoms with Crippen LogP contribution >= 0.6 is 0 Å². The predicted octanol–water partition coefficient (Wildman–Crippen LogP) is 3.63. The molecular weight excluding hydrogens is 298 g/mol. The van der Waals surface area contributed by atoms with Crippen LogP contribution in [0.2, 0.25) is 0 Å². The molecule has 0 saturated carbocycles. The van der Waals surface area contributed by atoms with Crippen LogP contribution in [0.1, 0.15) is 30.4 Å². The van der Waals surface area contributed by atoms with Gasteiger partial charge in [-0.3, -0.25) is 4.79 Å². The molecule has 0 N–H and O–H groups in total. The highest BCUT2D eigenvalue weighted by Gasteiger charge is 2.39. The minimum Gasteiger partial charge on any atom is -0.384 e. The van der Waals surface area contributed by atoms with Gasteiger partial charge in [-0.15, -0.1) is 0 Å². The van der Waals surface area contributed by atoms with E-state index < -0.39 is 0 Å². The maximum Gasteiger partial charge on any atom is 0.224 e. The smallest absolute Gasteiger partial charge is 0.224 e. The molecule has 3 rings (SSSR count). The minimum absolute atomic E-state index is 0.122. The molecule has 2 aromatic carbocycles. The molecule has 3 heteroatoms. The molecule has 0 spiro atoms. The number of hydrogen-bond donors (Lipinski definition) is 0. The molecule has 0 unspecified atom stereocenters. The molecule has 2 aromatic rings. The molecule has 1 fully saturated rings. The number of likely N-dealkylation sites (tertiary alicyclic amines) is 1. The standard InChI is InChI=1S/C21H25NO2/c1-24-16-13-20(23)22-15-8-14-21(17-22,18-9-4-2-5-10-18)19-11-6-3-7-12-19/h2-7,9-12H,8,13-17H2,1H3. The fourth-order valence-corrected chi connectivity index (χ4v) is 3.77. The van der Waals surface area contributed by atoms with Gasteiger partial charge in [-0.25, -0.2) is 0 Å². The average Bonchev–Trinajstić information content (AvgIpc) is 2.67. The normalized spacial score (nSPS) is 16.8. The van der Waals surface area contributed by atoms with Crippen LogP contribution in [-0.4, -0.2) is 37.6 Å². The number of carbonyl (C=O) groups excluding carboxylic acids is 1. The van der Waals surface area contributed by atoms with Crippen molar-refractivity contribution in [1.82, 2.24) is 4.90 Å². The van der Waals surface area contributed by atoms with Crippen LogP contribution < -0.4 is 0 Å². The highest BCUT2D eigenvalue weighted by Crippen LogP contribution is 2.40. The summed E-state index contributed by atoms with van der Waals surface area (Å²) in [6.45, 7) is 2.06. The maximum atomic E-state index is 12.6. The van der Waals surface area contributed by atoms with Crippen LogP contribution in [0.4, 0.5) is 0 Å². The topological polar surface area (TPSA) is 29.5 Å². The summed E-state index contributed by atoms with van der Waals surface area (Å²) in [7, 11) is 1.64. The summed E-state index contributed by atoms with van der Waals surface area (Å²) in [4.78, 5) is 14.6. The molecule has 24 heavy (non-hydrogen) atoms. The van der Waals surface area contributed by atoms with Crippen LogP contribution in [0.15, 0.2) is 60.7 Å². The molecule has 0 aliphatic carbocycles. The Balaban J connectivity index is 1.95. The second-order valence-corrected chi connectivity index (χ2v) is 6.48. The van der Waals surface area contributed by atoms with Crippen molar-refractivity contribution in [2.45, 2.75) is 24.7 Å². The van der Waals surface area contributed by atoms with E-state index in [1.807, 2.05) is 17.0 Å². The fourth-order valence-electron chi connectivity index (χ4n) is 3.77. The zero-order valence-corrected chi connectivity index (χ0v) is 14.3. The molecule has 1 saturated heterocycles. The van der Waals surface area contributed by atoms with Gasteiger partial charge in [-0.1, -0.05) is 60.7 Å². The van der Waals surface area contributed by atoms with Crippen molar-refractivity contribution in [3.8, 4) is 0 Å². The number of rotatable bonds is 5. The Labute approximate surface area is 144 Å². The number of carbonyl (C=O) groups is 1. The number of hydrogen-bond acceptors (Lipinski definition) is 2. The molecule has 1 amide bonds. The van der Waals surface area contributed by atoms with Gasteiger partial charge in [0.25, 0.3) is 0 Å². The van der Waals surface area contributed by atoms with Crippen LogP contribution in [0.5, 0.6) is 0 Å². The van der Waals surface area contributed by atoms with E-state index in [-0.39, 0.29) is 11.3 Å². The quantitative estimate of drug-likeness (QED) is 0.841. The summed E-state index contributed by atoms with van der Waals surface area (Å²) in [6.07, 6.45) is 2.54. The van der Waals surface area contributed by atoms with Gasteiger partial charge in [-0.2, -0.15) is 0 Å². The third-order valence-corrected chi connectivity index (χ3v) is 5.02. The van der Waals surface area contributed by atoms with Crippen molar-refractivity contribution in [2.75, 3.05) is 26.8 Å². The summed E-state index contributed by atoms with van der Waals surface area (Å²) in [5, 5.41) is 0. The zero-order valence-electron chi connectivity index (χ0n) is 14.3. The highest BCUT2D eigenvalue weighted by molar-refractivity contribution is 5.76. The lowest BCUT2D eigenvalue weighted by atomic mass is 9.69. The van der Waals surface area contributed by atoms with Crippen molar-refractivity contribution >= 4 is 5.91 Å². The summed E-state index contributed by atoms with van der Waals surface area (Å²) < 4.78 is 5.08. The molecule has 0 atom stereocenters. The van der Waals surface area contributed by atoms with Gasteiger partial charge >= 0.3 is 0 Å². The summed E-state index contributed by atoms with van der Waals surface area (Å²) >= 11 is 0. The van der Waals surface area contributed by atoms with Crippen LogP contribution in [-0.2, 0) is 14.9 Å². The Morgan fingerprint density at radius 3 is 2.17 bits per heavy atom. The van der Waals surface area contributed by atoms with Gasteiger partial charge in [-0.05, 0) is 24.0 Å². The van der Waals surface area contributed by atoms with Gasteiger partial charge in [0, 0.05) is 25.6 Å². The van der Waals surface area contributed by atoms with Gasteiger partial charge in [0.15, 0.2) is 0 Å². The number of nitrogens with zero attached hydrogens (tertiary/aromatic N) is 1. The van der Waals surface area contributed by atoms with E-state index in [1.165, 1.54) is 11.1 Å². The van der Waals surface area contributed by atoms with Crippen LogP contribution in [0, 0.1) is 0 Å². The third kappa shape index (κ3) is 3.36. The Hall–Kier alpha value is -2.13. The number of methoxy groups -OCH3 is 1. The Bertz CT molecular complexity index is 615. The molecule has 0 aromatic heterocycles.